The van der Waals surface area contributed by atoms with E-state index < -0.39 is 0 Å². The van der Waals surface area contributed by atoms with E-state index in [-0.39, 0.29) is 29.9 Å². The van der Waals surface area contributed by atoms with E-state index in [1.807, 2.05) is 13.0 Å². The molecule has 0 unspecified atom stereocenters. The zero-order valence-corrected chi connectivity index (χ0v) is 19.4. The van der Waals surface area contributed by atoms with Gasteiger partial charge < -0.3 is 20.7 Å². The summed E-state index contributed by atoms with van der Waals surface area (Å²) >= 11 is 0. The molecule has 0 aliphatic heterocycles. The van der Waals surface area contributed by atoms with Gasteiger partial charge in [0.15, 0.2) is 5.96 Å². The summed E-state index contributed by atoms with van der Waals surface area (Å²) < 4.78 is 5.10. The predicted octanol–water partition coefficient (Wildman–Crippen LogP) is 3.23. The second-order valence-electron chi connectivity index (χ2n) is 6.26. The number of aliphatic imine (C=N–C) groups is 1. The van der Waals surface area contributed by atoms with Crippen LogP contribution in [0.25, 0.3) is 0 Å². The van der Waals surface area contributed by atoms with Gasteiger partial charge in [-0.15, -0.1) is 24.0 Å². The number of hydrogen-bond donors (Lipinski definition) is 3. The summed E-state index contributed by atoms with van der Waals surface area (Å²) in [4.78, 5) is 16.7. The summed E-state index contributed by atoms with van der Waals surface area (Å²) in [5.41, 5.74) is 1.94. The van der Waals surface area contributed by atoms with E-state index in [2.05, 4.69) is 45.2 Å². The van der Waals surface area contributed by atoms with E-state index >= 15 is 0 Å². The molecule has 0 aromatic heterocycles. The average molecular weight is 510 g/mol. The van der Waals surface area contributed by atoms with Crippen LogP contribution in [-0.4, -0.2) is 45.2 Å². The van der Waals surface area contributed by atoms with Crippen LogP contribution in [0.4, 0.5) is 0 Å². The van der Waals surface area contributed by atoms with Crippen molar-refractivity contribution in [1.29, 1.82) is 0 Å². The van der Waals surface area contributed by atoms with Gasteiger partial charge in [0, 0.05) is 31.7 Å². The highest BCUT2D eigenvalue weighted by molar-refractivity contribution is 14.0. The monoisotopic (exact) mass is 510 g/mol. The van der Waals surface area contributed by atoms with Gasteiger partial charge in [0.2, 0.25) is 0 Å². The molecule has 0 radical (unpaired) electrons. The molecule has 158 valence electrons. The van der Waals surface area contributed by atoms with Crippen LogP contribution in [-0.2, 0) is 6.42 Å². The third kappa shape index (κ3) is 9.65. The van der Waals surface area contributed by atoms with Crippen molar-refractivity contribution in [2.24, 2.45) is 4.99 Å². The number of amides is 1. The number of nitrogens with zero attached hydrogens (tertiary/aromatic N) is 1. The number of nitrogens with one attached hydrogen (secondary N) is 3. The number of benzene rings is 2. The molecular formula is C22H31IN4O2. The highest BCUT2D eigenvalue weighted by Gasteiger charge is 2.05. The molecular weight excluding hydrogens is 479 g/mol. The first kappa shape index (κ1) is 24.7. The lowest BCUT2D eigenvalue weighted by Crippen LogP contribution is -2.41. The number of aryl methyl sites for hydroxylation is 1. The van der Waals surface area contributed by atoms with E-state index in [4.69, 9.17) is 4.74 Å². The van der Waals surface area contributed by atoms with Crippen molar-refractivity contribution in [2.45, 2.75) is 19.8 Å². The number of rotatable bonds is 10. The second-order valence-corrected chi connectivity index (χ2v) is 6.26. The average Bonchev–Trinajstić information content (AvgIpc) is 2.74. The molecule has 0 aliphatic rings. The van der Waals surface area contributed by atoms with Crippen molar-refractivity contribution in [3.05, 3.63) is 65.7 Å². The van der Waals surface area contributed by atoms with Gasteiger partial charge in [0.25, 0.3) is 5.91 Å². The van der Waals surface area contributed by atoms with Gasteiger partial charge in [-0.1, -0.05) is 30.3 Å². The van der Waals surface area contributed by atoms with Gasteiger partial charge >= 0.3 is 0 Å². The summed E-state index contributed by atoms with van der Waals surface area (Å²) in [6, 6.07) is 17.5. The smallest absolute Gasteiger partial charge is 0.251 e. The largest absolute Gasteiger partial charge is 0.497 e. The van der Waals surface area contributed by atoms with Crippen LogP contribution >= 0.6 is 24.0 Å². The van der Waals surface area contributed by atoms with Crippen molar-refractivity contribution in [3.63, 3.8) is 0 Å². The van der Waals surface area contributed by atoms with Crippen LogP contribution in [0.15, 0.2) is 59.6 Å². The van der Waals surface area contributed by atoms with E-state index in [0.29, 0.717) is 18.7 Å². The number of carbonyl (C=O) groups is 1. The van der Waals surface area contributed by atoms with Crippen LogP contribution in [0.2, 0.25) is 0 Å². The summed E-state index contributed by atoms with van der Waals surface area (Å²) in [6.07, 6.45) is 2.01. The van der Waals surface area contributed by atoms with Crippen molar-refractivity contribution < 1.29 is 9.53 Å². The minimum Gasteiger partial charge on any atom is -0.497 e. The summed E-state index contributed by atoms with van der Waals surface area (Å²) in [7, 11) is 1.60. The number of guanidine groups is 1. The molecule has 6 nitrogen and oxygen atoms in total. The van der Waals surface area contributed by atoms with E-state index in [0.717, 1.165) is 37.6 Å². The molecule has 0 atom stereocenters. The van der Waals surface area contributed by atoms with Gasteiger partial charge in [-0.3, -0.25) is 9.79 Å². The number of carbonyl (C=O) groups excluding carboxylic acids is 1. The minimum atomic E-state index is -0.103. The first-order chi connectivity index (χ1) is 13.7. The zero-order chi connectivity index (χ0) is 20.0. The fraction of sp³-hybridized carbons (Fsp3) is 0.364. The Balaban J connectivity index is 0.00000420. The molecule has 7 heteroatoms. The van der Waals surface area contributed by atoms with Crippen molar-refractivity contribution in [1.82, 2.24) is 16.0 Å². The lowest BCUT2D eigenvalue weighted by Gasteiger charge is -2.12. The molecule has 0 spiro atoms. The van der Waals surface area contributed by atoms with Crippen LogP contribution < -0.4 is 20.7 Å². The molecule has 2 aromatic carbocycles. The molecule has 1 amide bonds. The summed E-state index contributed by atoms with van der Waals surface area (Å²) in [5, 5.41) is 9.37. The van der Waals surface area contributed by atoms with Crippen molar-refractivity contribution in [2.75, 3.05) is 33.3 Å². The maximum atomic E-state index is 12.1. The Labute approximate surface area is 190 Å². The molecule has 29 heavy (non-hydrogen) atoms. The molecule has 2 rings (SSSR count). The van der Waals surface area contributed by atoms with Crippen LogP contribution in [0.3, 0.4) is 0 Å². The molecule has 3 N–H and O–H groups in total. The summed E-state index contributed by atoms with van der Waals surface area (Å²) in [5.74, 6) is 1.40. The first-order valence-corrected chi connectivity index (χ1v) is 9.71. The molecule has 0 saturated heterocycles. The van der Waals surface area contributed by atoms with Gasteiger partial charge in [-0.25, -0.2) is 0 Å². The molecule has 0 aliphatic carbocycles. The molecule has 0 saturated carbocycles. The van der Waals surface area contributed by atoms with Crippen LogP contribution in [0.5, 0.6) is 5.75 Å². The fourth-order valence-electron chi connectivity index (χ4n) is 2.66. The molecule has 0 fully saturated rings. The van der Waals surface area contributed by atoms with Crippen LogP contribution in [0.1, 0.15) is 29.3 Å². The second kappa shape index (κ2) is 14.7. The quantitative estimate of drug-likeness (QED) is 0.199. The maximum Gasteiger partial charge on any atom is 0.251 e. The normalized spacial score (nSPS) is 10.6. The zero-order valence-electron chi connectivity index (χ0n) is 17.1. The lowest BCUT2D eigenvalue weighted by molar-refractivity contribution is 0.0954. The predicted molar refractivity (Wildman–Crippen MR) is 129 cm³/mol. The number of methoxy groups -OCH3 is 1. The van der Waals surface area contributed by atoms with Gasteiger partial charge in [-0.2, -0.15) is 0 Å². The molecule has 0 heterocycles. The minimum absolute atomic E-state index is 0. The molecule has 2 aromatic rings. The standard InChI is InChI=1S/C22H30N4O2.HI/c1-3-23-22(25-15-7-10-18-8-5-4-6-9-18)26-17-16-24-21(27)19-11-13-20(28-2)14-12-19;/h4-6,8-9,11-14H,3,7,10,15-17H2,1-2H3,(H,24,27)(H2,23,25,26);1H. The Kier molecular flexibility index (Phi) is 12.5. The Bertz CT molecular complexity index is 736. The maximum absolute atomic E-state index is 12.1. The van der Waals surface area contributed by atoms with Gasteiger partial charge in [0.05, 0.1) is 7.11 Å². The Morgan fingerprint density at radius 3 is 2.31 bits per heavy atom. The topological polar surface area (TPSA) is 74.8 Å². The first-order valence-electron chi connectivity index (χ1n) is 9.71. The van der Waals surface area contributed by atoms with E-state index in [9.17, 15) is 4.79 Å². The number of halogens is 1. The Morgan fingerprint density at radius 1 is 0.966 bits per heavy atom. The number of hydrogen-bond acceptors (Lipinski definition) is 3. The van der Waals surface area contributed by atoms with E-state index in [1.165, 1.54) is 5.56 Å². The highest BCUT2D eigenvalue weighted by atomic mass is 127. The van der Waals surface area contributed by atoms with Crippen molar-refractivity contribution in [3.8, 4) is 5.75 Å². The fourth-order valence-corrected chi connectivity index (χ4v) is 2.66. The van der Waals surface area contributed by atoms with Crippen LogP contribution in [0, 0.1) is 0 Å². The third-order valence-electron chi connectivity index (χ3n) is 4.14. The van der Waals surface area contributed by atoms with E-state index in [1.54, 1.807) is 31.4 Å². The Hall–Kier alpha value is -2.29. The van der Waals surface area contributed by atoms with Gasteiger partial charge in [0.1, 0.15) is 5.75 Å². The lowest BCUT2D eigenvalue weighted by atomic mass is 10.1. The SMILES string of the molecule is CCNC(=NCCCc1ccccc1)NCCNC(=O)c1ccc(OC)cc1.I. The Morgan fingerprint density at radius 2 is 1.66 bits per heavy atom. The third-order valence-corrected chi connectivity index (χ3v) is 4.14. The van der Waals surface area contributed by atoms with Crippen molar-refractivity contribution >= 4 is 35.8 Å². The highest BCUT2D eigenvalue weighted by Crippen LogP contribution is 2.10. The molecule has 0 bridgehead atoms. The number of ether oxygens (including phenoxy) is 1. The van der Waals surface area contributed by atoms with Gasteiger partial charge in [-0.05, 0) is 49.6 Å². The summed E-state index contributed by atoms with van der Waals surface area (Å²) in [6.45, 7) is 4.70.